The summed E-state index contributed by atoms with van der Waals surface area (Å²) in [4.78, 5) is 14.4. The van der Waals surface area contributed by atoms with Crippen LogP contribution in [0.4, 0.5) is 4.39 Å². The summed E-state index contributed by atoms with van der Waals surface area (Å²) in [6.45, 7) is -2.17. The quantitative estimate of drug-likeness (QED) is 0.118. The van der Waals surface area contributed by atoms with Gasteiger partial charge in [-0.3, -0.25) is 9.97 Å². The van der Waals surface area contributed by atoms with E-state index in [1.165, 1.54) is 10.5 Å². The van der Waals surface area contributed by atoms with Crippen LogP contribution in [-0.2, 0) is 20.1 Å². The monoisotopic (exact) mass is 1100 g/mol. The second-order valence-corrected chi connectivity index (χ2v) is 28.3. The summed E-state index contributed by atoms with van der Waals surface area (Å²) in [5, 5.41) is 2.02. The van der Waals surface area contributed by atoms with Crippen LogP contribution in [0, 0.1) is 24.8 Å². The van der Waals surface area contributed by atoms with Crippen LogP contribution in [0.3, 0.4) is 0 Å². The molecule has 0 fully saturated rings. The van der Waals surface area contributed by atoms with Crippen LogP contribution >= 0.6 is 11.3 Å². The zero-order valence-corrected chi connectivity index (χ0v) is 41.1. The second kappa shape index (κ2) is 18.6. The van der Waals surface area contributed by atoms with Gasteiger partial charge in [-0.1, -0.05) is 120 Å². The number of pyridine rings is 2. The number of thiophene rings is 1. The topological polar surface area (TPSA) is 43.6 Å². The fourth-order valence-corrected chi connectivity index (χ4v) is 11.4. The zero-order valence-electron chi connectivity index (χ0n) is 38.8. The van der Waals surface area contributed by atoms with Gasteiger partial charge in [0.05, 0.1) is 22.6 Å². The van der Waals surface area contributed by atoms with E-state index in [2.05, 4.69) is 89.0 Å². The van der Waals surface area contributed by atoms with Crippen LogP contribution in [-0.4, -0.2) is 32.8 Å². The molecule has 0 saturated heterocycles. The minimum absolute atomic E-state index is 0. The van der Waals surface area contributed by atoms with Gasteiger partial charge in [-0.05, 0) is 57.9 Å². The molecule has 0 aliphatic heterocycles. The van der Waals surface area contributed by atoms with Crippen molar-refractivity contribution < 1.29 is 28.6 Å². The molecule has 0 amide bonds. The number of nitrogens with zero attached hydrogens (tertiary/aromatic N) is 4. The molecule has 65 heavy (non-hydrogen) atoms. The number of benzene rings is 7. The van der Waals surface area contributed by atoms with E-state index in [0.717, 1.165) is 76.2 Å². The van der Waals surface area contributed by atoms with E-state index < -0.39 is 20.1 Å². The second-order valence-electron chi connectivity index (χ2n) is 16.6. The first-order chi connectivity index (χ1) is 32.4. The van der Waals surface area contributed by atoms with Crippen molar-refractivity contribution in [2.45, 2.75) is 24.1 Å². The number of rotatable bonds is 7. The van der Waals surface area contributed by atoms with Gasteiger partial charge in [-0.2, -0.15) is 11.3 Å². The third-order valence-electron chi connectivity index (χ3n) is 11.4. The first-order valence-electron chi connectivity index (χ1n) is 22.6. The molecule has 0 unspecified atom stereocenters. The summed E-state index contributed by atoms with van der Waals surface area (Å²) in [6, 6.07) is 63.5. The van der Waals surface area contributed by atoms with E-state index in [-0.39, 0.29) is 31.5 Å². The summed E-state index contributed by atoms with van der Waals surface area (Å²) >= 11 is -0.120. The fraction of sp³-hybridized carbons (Fsp3) is 0.0702. The van der Waals surface area contributed by atoms with Gasteiger partial charge in [0.15, 0.2) is 0 Å². The van der Waals surface area contributed by atoms with Gasteiger partial charge in [0.25, 0.3) is 0 Å². The third-order valence-corrected chi connectivity index (χ3v) is 16.8. The zero-order chi connectivity index (χ0) is 46.3. The number of fused-ring (bicyclic) bond motifs is 4. The molecule has 1 radical (unpaired) electrons. The minimum atomic E-state index is -2.17. The molecule has 4 heterocycles. The van der Waals surface area contributed by atoms with Crippen LogP contribution in [0.2, 0.25) is 17.3 Å². The van der Waals surface area contributed by atoms with Gasteiger partial charge >= 0.3 is 99.8 Å². The van der Waals surface area contributed by atoms with Crippen molar-refractivity contribution in [1.82, 2.24) is 19.5 Å². The Morgan fingerprint density at radius 2 is 1.37 bits per heavy atom. The van der Waals surface area contributed by atoms with Crippen molar-refractivity contribution in [2.75, 3.05) is 0 Å². The van der Waals surface area contributed by atoms with Crippen molar-refractivity contribution in [3.05, 3.63) is 212 Å². The summed E-state index contributed by atoms with van der Waals surface area (Å²) in [5.74, 6) is 7.36. The average Bonchev–Trinajstić information content (AvgIpc) is 3.94. The molecule has 8 heteroatoms. The van der Waals surface area contributed by atoms with Crippen LogP contribution in [0.1, 0.15) is 9.68 Å². The molecular weight excluding hydrogens is 1060 g/mol. The van der Waals surface area contributed by atoms with E-state index >= 15 is 4.39 Å². The van der Waals surface area contributed by atoms with Crippen LogP contribution < -0.4 is 4.40 Å². The largest absolute Gasteiger partial charge is 0 e. The van der Waals surface area contributed by atoms with E-state index in [9.17, 15) is 0 Å². The minimum Gasteiger partial charge on any atom is 0 e. The maximum absolute atomic E-state index is 16.1. The number of aromatic nitrogens is 4. The molecule has 11 aromatic rings. The maximum Gasteiger partial charge on any atom is 0 e. The van der Waals surface area contributed by atoms with E-state index in [1.54, 1.807) is 41.7 Å². The summed E-state index contributed by atoms with van der Waals surface area (Å²) in [5.41, 5.74) is 10.5. The molecule has 11 rings (SSSR count). The van der Waals surface area contributed by atoms with Crippen molar-refractivity contribution in [1.29, 1.82) is 0 Å². The van der Waals surface area contributed by atoms with Crippen LogP contribution in [0.25, 0.3) is 93.0 Å². The Hall–Kier alpha value is -6.35. The molecule has 4 aromatic heterocycles. The number of para-hydroxylation sites is 1. The van der Waals surface area contributed by atoms with Gasteiger partial charge in [0.2, 0.25) is 0 Å². The Morgan fingerprint density at radius 1 is 0.631 bits per heavy atom. The average molecular weight is 1100 g/mol. The summed E-state index contributed by atoms with van der Waals surface area (Å²) in [7, 11) is 0. The van der Waals surface area contributed by atoms with Crippen LogP contribution in [0.5, 0.6) is 0 Å². The Balaban J connectivity index is 0.000000289. The molecule has 0 aliphatic carbocycles. The molecule has 7 aromatic carbocycles. The first kappa shape index (κ1) is 40.2. The number of hydrogen-bond donors (Lipinski definition) is 0. The molecule has 0 N–H and O–H groups in total. The normalized spacial score (nSPS) is 12.2. The van der Waals surface area contributed by atoms with E-state index in [1.807, 2.05) is 102 Å². The molecule has 0 atom stereocenters. The number of hydrogen-bond acceptors (Lipinski definition) is 4. The van der Waals surface area contributed by atoms with Gasteiger partial charge in [-0.25, -0.2) is 4.39 Å². The van der Waals surface area contributed by atoms with Crippen molar-refractivity contribution in [3.8, 4) is 61.8 Å². The van der Waals surface area contributed by atoms with Gasteiger partial charge in [0.1, 0.15) is 5.82 Å². The Morgan fingerprint density at radius 3 is 2.08 bits per heavy atom. The smallest absolute Gasteiger partial charge is 0 e. The van der Waals surface area contributed by atoms with Crippen molar-refractivity contribution in [3.63, 3.8) is 0 Å². The van der Waals surface area contributed by atoms with Gasteiger partial charge < -0.3 is 4.57 Å². The standard InChI is InChI=1S/C43H27FN3S.C14H16GeN.Ir/c1-27-18-20-30(21-19-27)38-25-35-33-14-8-15-34(42(33)48-40(35)26-45-38)43-46-37-17-9-16-36(44)41(37)47(43)39-24-31(28-10-4-2-5-11-28)22-23-32(39)29-12-6-3-7-13-29;1-15(2,3)13-9-10-14(16-11-13)12-7-5-4-6-8-12;/h2-14,16-26H,1H3;4-7,9-11H,1-3H3;/q2*-1;/i1D3;;. The van der Waals surface area contributed by atoms with Crippen LogP contribution in [0.15, 0.2) is 188 Å². The molecule has 0 saturated carbocycles. The SMILES string of the molecule is [2H]C([2H])([2H])c1ccc(-c2cc3c(cn2)sc2c(-c4nc5cccc(F)c5n4-c4cc(-c5ccccc5)ccc4-c4ccccc4)[c-]ccc23)cc1.[CH3][Ge]([CH3])([CH3])[c]1ccc(-c2[c-]cccc2)nc1.[Ir]. The number of aryl methyl sites for hydroxylation is 1. The Kier molecular flexibility index (Phi) is 11.5. The third kappa shape index (κ3) is 8.90. The van der Waals surface area contributed by atoms with Gasteiger partial charge in [-0.15, -0.1) is 18.2 Å². The molecule has 319 valence electrons. The number of imidazole rings is 1. The molecular formula is C57H43FGeIrN4S-2. The van der Waals surface area contributed by atoms with E-state index in [4.69, 9.17) is 14.1 Å². The Labute approximate surface area is 403 Å². The number of halogens is 1. The van der Waals surface area contributed by atoms with Crippen molar-refractivity contribution in [2.24, 2.45) is 0 Å². The molecule has 0 aliphatic rings. The predicted molar refractivity (Wildman–Crippen MR) is 269 cm³/mol. The van der Waals surface area contributed by atoms with Gasteiger partial charge in [0, 0.05) is 51.9 Å². The summed E-state index contributed by atoms with van der Waals surface area (Å²) < 4.78 is 44.6. The molecule has 0 spiro atoms. The maximum atomic E-state index is 16.1. The Bertz CT molecular complexity index is 3540. The van der Waals surface area contributed by atoms with Crippen molar-refractivity contribution >= 4 is 60.2 Å². The fourth-order valence-electron chi connectivity index (χ4n) is 8.04. The first-order valence-corrected chi connectivity index (χ1v) is 29.3. The summed E-state index contributed by atoms with van der Waals surface area (Å²) in [6.07, 6.45) is 3.90. The molecule has 4 nitrogen and oxygen atoms in total. The predicted octanol–water partition coefficient (Wildman–Crippen LogP) is 14.8. The molecule has 0 bridgehead atoms. The van der Waals surface area contributed by atoms with E-state index in [0.29, 0.717) is 16.9 Å².